The lowest BCUT2D eigenvalue weighted by molar-refractivity contribution is -0.123. The van der Waals surface area contributed by atoms with Gasteiger partial charge in [-0.05, 0) is 57.8 Å². The number of aliphatic hydroxyl groups is 2. The third-order valence-corrected chi connectivity index (χ3v) is 13.8. The van der Waals surface area contributed by atoms with Crippen LogP contribution in [0.15, 0.2) is 36.5 Å². The molecule has 0 bridgehead atoms. The van der Waals surface area contributed by atoms with Gasteiger partial charge in [0.25, 0.3) is 0 Å². The van der Waals surface area contributed by atoms with Gasteiger partial charge in [0.05, 0.1) is 18.8 Å². The summed E-state index contributed by atoms with van der Waals surface area (Å²) in [5, 5.41) is 23.2. The fraction of sp³-hybridized carbons (Fsp3) is 0.885. The van der Waals surface area contributed by atoms with Crippen LogP contribution in [-0.2, 0) is 4.79 Å². The summed E-state index contributed by atoms with van der Waals surface area (Å²) < 4.78 is 0. The Hall–Kier alpha value is -1.39. The highest BCUT2D eigenvalue weighted by Crippen LogP contribution is 2.17. The van der Waals surface area contributed by atoms with Gasteiger partial charge in [0, 0.05) is 6.42 Å². The maximum atomic E-state index is 12.5. The van der Waals surface area contributed by atoms with E-state index in [1.165, 1.54) is 276 Å². The molecule has 0 rings (SSSR count). The average Bonchev–Trinajstić information content (AvgIpc) is 3.31. The van der Waals surface area contributed by atoms with Gasteiger partial charge in [-0.25, -0.2) is 0 Å². The van der Waals surface area contributed by atoms with E-state index in [1.807, 2.05) is 6.08 Å². The van der Waals surface area contributed by atoms with Crippen LogP contribution in [0.3, 0.4) is 0 Å². The first-order valence-electron chi connectivity index (χ1n) is 29.7. The second kappa shape index (κ2) is 56.9. The molecule has 0 fully saturated rings. The first-order valence-corrected chi connectivity index (χ1v) is 29.7. The zero-order valence-electron chi connectivity index (χ0n) is 44.3. The zero-order chi connectivity index (χ0) is 47.0. The van der Waals surface area contributed by atoms with E-state index in [4.69, 9.17) is 0 Å². The van der Waals surface area contributed by atoms with Gasteiger partial charge >= 0.3 is 0 Å². The standard InChI is InChI=1S/C61H117NO3/c1-3-5-7-9-11-13-15-17-19-21-23-25-27-29-30-31-33-34-36-38-40-42-44-46-48-50-52-54-56-60(64)59(58-63)62-61(65)57-55-53-51-49-47-45-43-41-39-37-35-32-28-26-24-22-20-18-16-14-12-10-8-6-4-2/h22,24,46,48,54,56,59-60,63-64H,3-21,23,25-45,47,49-53,55,57-58H2,1-2H3,(H,62,65)/b24-22-,48-46+,56-54+. The van der Waals surface area contributed by atoms with Crippen molar-refractivity contribution in [2.45, 2.75) is 341 Å². The minimum Gasteiger partial charge on any atom is -0.394 e. The highest BCUT2D eigenvalue weighted by Gasteiger charge is 2.18. The predicted molar refractivity (Wildman–Crippen MR) is 290 cm³/mol. The van der Waals surface area contributed by atoms with Crippen molar-refractivity contribution in [3.8, 4) is 0 Å². The molecule has 3 N–H and O–H groups in total. The second-order valence-corrected chi connectivity index (χ2v) is 20.4. The Morgan fingerprint density at radius 1 is 0.354 bits per heavy atom. The van der Waals surface area contributed by atoms with Gasteiger partial charge in [-0.2, -0.15) is 0 Å². The van der Waals surface area contributed by atoms with E-state index in [0.717, 1.165) is 32.1 Å². The number of aliphatic hydroxyl groups excluding tert-OH is 2. The van der Waals surface area contributed by atoms with Crippen LogP contribution in [-0.4, -0.2) is 34.9 Å². The Kier molecular flexibility index (Phi) is 55.7. The quantitative estimate of drug-likeness (QED) is 0.0421. The first kappa shape index (κ1) is 63.6. The number of carbonyl (C=O) groups is 1. The van der Waals surface area contributed by atoms with Crippen LogP contribution >= 0.6 is 0 Å². The van der Waals surface area contributed by atoms with Gasteiger partial charge in [0.1, 0.15) is 0 Å². The van der Waals surface area contributed by atoms with Crippen molar-refractivity contribution in [3.63, 3.8) is 0 Å². The van der Waals surface area contributed by atoms with Gasteiger partial charge in [0.15, 0.2) is 0 Å². The highest BCUT2D eigenvalue weighted by molar-refractivity contribution is 5.76. The molecule has 1 amide bonds. The molecule has 4 heteroatoms. The van der Waals surface area contributed by atoms with E-state index in [9.17, 15) is 15.0 Å². The summed E-state index contributed by atoms with van der Waals surface area (Å²) in [4.78, 5) is 12.5. The predicted octanol–water partition coefficient (Wildman–Crippen LogP) is 19.6. The molecule has 0 radical (unpaired) electrons. The van der Waals surface area contributed by atoms with Crippen LogP contribution in [0.4, 0.5) is 0 Å². The van der Waals surface area contributed by atoms with Gasteiger partial charge in [-0.3, -0.25) is 4.79 Å². The fourth-order valence-corrected chi connectivity index (χ4v) is 9.31. The van der Waals surface area contributed by atoms with Crippen molar-refractivity contribution < 1.29 is 15.0 Å². The van der Waals surface area contributed by atoms with Crippen LogP contribution in [0.25, 0.3) is 0 Å². The third kappa shape index (κ3) is 53.4. The molecule has 0 aromatic rings. The van der Waals surface area contributed by atoms with Gasteiger partial charge < -0.3 is 15.5 Å². The monoisotopic (exact) mass is 912 g/mol. The number of hydrogen-bond donors (Lipinski definition) is 3. The molecule has 0 aliphatic carbocycles. The molecule has 4 nitrogen and oxygen atoms in total. The van der Waals surface area contributed by atoms with Gasteiger partial charge in [-0.1, -0.05) is 301 Å². The van der Waals surface area contributed by atoms with E-state index in [0.29, 0.717) is 6.42 Å². The van der Waals surface area contributed by atoms with Crippen LogP contribution in [0.1, 0.15) is 328 Å². The van der Waals surface area contributed by atoms with Gasteiger partial charge in [0.2, 0.25) is 5.91 Å². The number of amides is 1. The van der Waals surface area contributed by atoms with Crippen molar-refractivity contribution >= 4 is 5.91 Å². The summed E-state index contributed by atoms with van der Waals surface area (Å²) in [6.07, 6.45) is 77.5. The number of nitrogens with one attached hydrogen (secondary N) is 1. The summed E-state index contributed by atoms with van der Waals surface area (Å²) in [6.45, 7) is 4.33. The number of unbranched alkanes of at least 4 members (excludes halogenated alkanes) is 44. The van der Waals surface area contributed by atoms with Gasteiger partial charge in [-0.15, -0.1) is 0 Å². The van der Waals surface area contributed by atoms with Crippen molar-refractivity contribution in [2.75, 3.05) is 6.61 Å². The van der Waals surface area contributed by atoms with Crippen molar-refractivity contribution in [3.05, 3.63) is 36.5 Å². The molecule has 0 saturated heterocycles. The highest BCUT2D eigenvalue weighted by atomic mass is 16.3. The lowest BCUT2D eigenvalue weighted by atomic mass is 10.0. The van der Waals surface area contributed by atoms with Crippen LogP contribution in [0.2, 0.25) is 0 Å². The lowest BCUT2D eigenvalue weighted by Gasteiger charge is -2.19. The molecule has 65 heavy (non-hydrogen) atoms. The Morgan fingerprint density at radius 3 is 0.892 bits per heavy atom. The molecule has 0 spiro atoms. The summed E-state index contributed by atoms with van der Waals surface area (Å²) in [6, 6.07) is -0.639. The number of rotatable bonds is 55. The summed E-state index contributed by atoms with van der Waals surface area (Å²) in [5.41, 5.74) is 0. The number of hydrogen-bond acceptors (Lipinski definition) is 3. The Bertz CT molecular complexity index is 989. The Morgan fingerprint density at radius 2 is 0.600 bits per heavy atom. The lowest BCUT2D eigenvalue weighted by Crippen LogP contribution is -2.45. The van der Waals surface area contributed by atoms with Crippen molar-refractivity contribution in [2.24, 2.45) is 0 Å². The normalized spacial score (nSPS) is 13.0. The largest absolute Gasteiger partial charge is 0.394 e. The molecule has 2 atom stereocenters. The summed E-state index contributed by atoms with van der Waals surface area (Å²) >= 11 is 0. The summed E-state index contributed by atoms with van der Waals surface area (Å²) in [5.74, 6) is -0.0691. The third-order valence-electron chi connectivity index (χ3n) is 13.8. The van der Waals surface area contributed by atoms with Crippen molar-refractivity contribution in [1.82, 2.24) is 5.32 Å². The topological polar surface area (TPSA) is 69.6 Å². The zero-order valence-corrected chi connectivity index (χ0v) is 44.3. The molecule has 0 aliphatic rings. The Labute approximate surface area is 408 Å². The first-order chi connectivity index (χ1) is 32.2. The molecular weight excluding hydrogens is 795 g/mol. The Balaban J connectivity index is 3.50. The molecule has 0 aliphatic heterocycles. The average molecular weight is 913 g/mol. The van der Waals surface area contributed by atoms with Crippen LogP contribution in [0, 0.1) is 0 Å². The number of allylic oxidation sites excluding steroid dienone is 5. The van der Waals surface area contributed by atoms with E-state index in [-0.39, 0.29) is 12.5 Å². The minimum atomic E-state index is -0.863. The SMILES string of the molecule is CCCCCCCCCC/C=C\CCCCCCCCCCCCCCCC(=O)NC(CO)C(O)/C=C/CC/C=C/CCCCCCCCCCCCCCCCCCCCCCCC. The van der Waals surface area contributed by atoms with E-state index in [2.05, 4.69) is 43.5 Å². The van der Waals surface area contributed by atoms with E-state index in [1.54, 1.807) is 6.08 Å². The minimum absolute atomic E-state index is 0.0691. The van der Waals surface area contributed by atoms with E-state index >= 15 is 0 Å². The smallest absolute Gasteiger partial charge is 0.220 e. The molecule has 0 heterocycles. The van der Waals surface area contributed by atoms with E-state index < -0.39 is 12.1 Å². The molecule has 0 saturated carbocycles. The second-order valence-electron chi connectivity index (χ2n) is 20.4. The number of carbonyl (C=O) groups excluding carboxylic acids is 1. The van der Waals surface area contributed by atoms with Crippen LogP contribution < -0.4 is 5.32 Å². The van der Waals surface area contributed by atoms with Crippen molar-refractivity contribution in [1.29, 1.82) is 0 Å². The maximum Gasteiger partial charge on any atom is 0.220 e. The maximum absolute atomic E-state index is 12.5. The molecule has 384 valence electrons. The molecular formula is C61H117NO3. The molecule has 0 aromatic heterocycles. The summed E-state index contributed by atoms with van der Waals surface area (Å²) in [7, 11) is 0. The molecule has 0 aromatic carbocycles. The molecule has 2 unspecified atom stereocenters. The fourth-order valence-electron chi connectivity index (χ4n) is 9.31. The van der Waals surface area contributed by atoms with Crippen LogP contribution in [0.5, 0.6) is 0 Å².